The summed E-state index contributed by atoms with van der Waals surface area (Å²) in [6.07, 6.45) is 0. The SMILES string of the molecule is Cc1cccc(C)c1C(=O)N(C)Cc1csc(NC(=O)NCc2ccc(Cl)c(Cl)c2)n1. The molecule has 0 atom stereocenters. The van der Waals surface area contributed by atoms with Crippen LogP contribution < -0.4 is 10.6 Å². The van der Waals surface area contributed by atoms with Gasteiger partial charge in [0.15, 0.2) is 5.13 Å². The van der Waals surface area contributed by atoms with Crippen molar-refractivity contribution in [2.24, 2.45) is 0 Å². The molecule has 0 spiro atoms. The Hall–Kier alpha value is -2.61. The average Bonchev–Trinajstić information content (AvgIpc) is 3.15. The topological polar surface area (TPSA) is 74.3 Å². The van der Waals surface area contributed by atoms with Gasteiger partial charge in [0.05, 0.1) is 22.3 Å². The molecule has 162 valence electrons. The predicted octanol–water partition coefficient (Wildman–Crippen LogP) is 5.66. The van der Waals surface area contributed by atoms with Crippen molar-refractivity contribution in [2.45, 2.75) is 26.9 Å². The fraction of sp³-hybridized carbons (Fsp3) is 0.227. The van der Waals surface area contributed by atoms with Crippen LogP contribution in [0.2, 0.25) is 10.0 Å². The molecule has 1 heterocycles. The summed E-state index contributed by atoms with van der Waals surface area (Å²) in [5.74, 6) is -0.0579. The number of hydrogen-bond acceptors (Lipinski definition) is 4. The van der Waals surface area contributed by atoms with Crippen LogP contribution in [0.25, 0.3) is 0 Å². The molecule has 3 rings (SSSR count). The Morgan fingerprint density at radius 3 is 2.48 bits per heavy atom. The first-order valence-corrected chi connectivity index (χ1v) is 11.1. The fourth-order valence-electron chi connectivity index (χ4n) is 3.07. The highest BCUT2D eigenvalue weighted by molar-refractivity contribution is 7.13. The lowest BCUT2D eigenvalue weighted by Gasteiger charge is -2.18. The summed E-state index contributed by atoms with van der Waals surface area (Å²) in [6, 6.07) is 10.6. The number of carbonyl (C=O) groups is 2. The molecule has 31 heavy (non-hydrogen) atoms. The van der Waals surface area contributed by atoms with Gasteiger partial charge in [-0.2, -0.15) is 0 Å². The summed E-state index contributed by atoms with van der Waals surface area (Å²) < 4.78 is 0. The van der Waals surface area contributed by atoms with Crippen molar-refractivity contribution in [2.75, 3.05) is 12.4 Å². The van der Waals surface area contributed by atoms with Crippen LogP contribution in [-0.2, 0) is 13.1 Å². The first kappa shape index (κ1) is 23.1. The monoisotopic (exact) mass is 476 g/mol. The normalized spacial score (nSPS) is 10.6. The van der Waals surface area contributed by atoms with Crippen molar-refractivity contribution < 1.29 is 9.59 Å². The van der Waals surface area contributed by atoms with Gasteiger partial charge >= 0.3 is 6.03 Å². The van der Waals surface area contributed by atoms with Crippen molar-refractivity contribution >= 4 is 51.6 Å². The third-order valence-electron chi connectivity index (χ3n) is 4.65. The van der Waals surface area contributed by atoms with Gasteiger partial charge in [-0.1, -0.05) is 47.5 Å². The Morgan fingerprint density at radius 2 is 1.81 bits per heavy atom. The quantitative estimate of drug-likeness (QED) is 0.481. The summed E-state index contributed by atoms with van der Waals surface area (Å²) in [6.45, 7) is 4.49. The number of rotatable bonds is 6. The van der Waals surface area contributed by atoms with Gasteiger partial charge in [-0.25, -0.2) is 9.78 Å². The second-order valence-corrected chi connectivity index (χ2v) is 8.80. The molecule has 0 saturated heterocycles. The largest absolute Gasteiger partial charge is 0.336 e. The number of halogens is 2. The molecule has 2 aromatic carbocycles. The van der Waals surface area contributed by atoms with E-state index in [1.807, 2.05) is 37.4 Å². The molecule has 0 saturated carbocycles. The minimum absolute atomic E-state index is 0.0579. The Morgan fingerprint density at radius 1 is 1.10 bits per heavy atom. The lowest BCUT2D eigenvalue weighted by Crippen LogP contribution is -2.28. The molecular weight excluding hydrogens is 455 g/mol. The van der Waals surface area contributed by atoms with Gasteiger partial charge in [0.25, 0.3) is 5.91 Å². The zero-order valence-electron chi connectivity index (χ0n) is 17.3. The minimum Gasteiger partial charge on any atom is -0.336 e. The first-order valence-electron chi connectivity index (χ1n) is 9.49. The Balaban J connectivity index is 1.55. The van der Waals surface area contributed by atoms with E-state index in [0.29, 0.717) is 39.5 Å². The van der Waals surface area contributed by atoms with Crippen molar-refractivity contribution in [1.82, 2.24) is 15.2 Å². The Bertz CT molecular complexity index is 1100. The lowest BCUT2D eigenvalue weighted by molar-refractivity contribution is 0.0782. The number of nitrogens with one attached hydrogen (secondary N) is 2. The highest BCUT2D eigenvalue weighted by Gasteiger charge is 2.18. The molecular formula is C22H22Cl2N4O2S. The molecule has 0 bridgehead atoms. The molecule has 0 radical (unpaired) electrons. The molecule has 0 fully saturated rings. The number of hydrogen-bond donors (Lipinski definition) is 2. The van der Waals surface area contributed by atoms with Crippen molar-refractivity contribution in [3.63, 3.8) is 0 Å². The lowest BCUT2D eigenvalue weighted by atomic mass is 10.0. The van der Waals surface area contributed by atoms with E-state index in [9.17, 15) is 9.59 Å². The second-order valence-electron chi connectivity index (χ2n) is 7.13. The van der Waals surface area contributed by atoms with Gasteiger partial charge in [-0.3, -0.25) is 10.1 Å². The Kier molecular flexibility index (Phi) is 7.54. The predicted molar refractivity (Wildman–Crippen MR) is 126 cm³/mol. The van der Waals surface area contributed by atoms with Crippen LogP contribution in [-0.4, -0.2) is 28.9 Å². The van der Waals surface area contributed by atoms with Crippen LogP contribution >= 0.6 is 34.5 Å². The molecule has 1 aromatic heterocycles. The maximum Gasteiger partial charge on any atom is 0.321 e. The summed E-state index contributed by atoms with van der Waals surface area (Å²) in [4.78, 5) is 31.0. The summed E-state index contributed by atoms with van der Waals surface area (Å²) in [7, 11) is 1.74. The molecule has 3 amide bonds. The molecule has 0 aliphatic rings. The third-order valence-corrected chi connectivity index (χ3v) is 6.20. The van der Waals surface area contributed by atoms with E-state index >= 15 is 0 Å². The molecule has 0 aliphatic carbocycles. The smallest absolute Gasteiger partial charge is 0.321 e. The number of aromatic nitrogens is 1. The van der Waals surface area contributed by atoms with Gasteiger partial charge in [0.2, 0.25) is 0 Å². The average molecular weight is 477 g/mol. The van der Waals surface area contributed by atoms with E-state index in [1.54, 1.807) is 30.1 Å². The number of anilines is 1. The zero-order valence-corrected chi connectivity index (χ0v) is 19.7. The van der Waals surface area contributed by atoms with Crippen LogP contribution in [0.3, 0.4) is 0 Å². The van der Waals surface area contributed by atoms with E-state index in [1.165, 1.54) is 11.3 Å². The molecule has 6 nitrogen and oxygen atoms in total. The maximum absolute atomic E-state index is 12.8. The summed E-state index contributed by atoms with van der Waals surface area (Å²) >= 11 is 13.2. The van der Waals surface area contributed by atoms with E-state index in [4.69, 9.17) is 23.2 Å². The van der Waals surface area contributed by atoms with E-state index < -0.39 is 0 Å². The number of nitrogens with zero attached hydrogens (tertiary/aromatic N) is 2. The Labute approximate surface area is 195 Å². The second kappa shape index (κ2) is 10.1. The maximum atomic E-state index is 12.8. The van der Waals surface area contributed by atoms with Crippen molar-refractivity contribution in [3.05, 3.63) is 79.8 Å². The number of carbonyl (C=O) groups excluding carboxylic acids is 2. The third kappa shape index (κ3) is 5.97. The van der Waals surface area contributed by atoms with Crippen LogP contribution in [0, 0.1) is 13.8 Å². The van der Waals surface area contributed by atoms with Crippen LogP contribution in [0.4, 0.5) is 9.93 Å². The first-order chi connectivity index (χ1) is 14.7. The number of benzene rings is 2. The highest BCUT2D eigenvalue weighted by Crippen LogP contribution is 2.23. The zero-order chi connectivity index (χ0) is 22.5. The summed E-state index contributed by atoms with van der Waals surface area (Å²) in [5, 5.41) is 8.63. The fourth-order valence-corrected chi connectivity index (χ4v) is 4.08. The van der Waals surface area contributed by atoms with Crippen LogP contribution in [0.1, 0.15) is 32.7 Å². The van der Waals surface area contributed by atoms with Gasteiger partial charge in [0, 0.05) is 24.5 Å². The summed E-state index contributed by atoms with van der Waals surface area (Å²) in [5.41, 5.74) is 4.12. The number of amides is 3. The molecule has 2 N–H and O–H groups in total. The van der Waals surface area contributed by atoms with Gasteiger partial charge in [0.1, 0.15) is 0 Å². The molecule has 0 aliphatic heterocycles. The van der Waals surface area contributed by atoms with Crippen LogP contribution in [0.5, 0.6) is 0 Å². The minimum atomic E-state index is -0.382. The molecule has 0 unspecified atom stereocenters. The van der Waals surface area contributed by atoms with E-state index in [-0.39, 0.29) is 11.9 Å². The van der Waals surface area contributed by atoms with Gasteiger partial charge in [-0.15, -0.1) is 11.3 Å². The van der Waals surface area contributed by atoms with E-state index in [0.717, 1.165) is 16.7 Å². The van der Waals surface area contributed by atoms with Gasteiger partial charge in [-0.05, 0) is 42.7 Å². The number of aryl methyl sites for hydroxylation is 2. The van der Waals surface area contributed by atoms with Crippen LogP contribution in [0.15, 0.2) is 41.8 Å². The van der Waals surface area contributed by atoms with E-state index in [2.05, 4.69) is 15.6 Å². The standard InChI is InChI=1S/C22H22Cl2N4O2S/c1-13-5-4-6-14(2)19(13)20(29)28(3)11-16-12-31-22(26-16)27-21(30)25-10-15-7-8-17(23)18(24)9-15/h4-9,12H,10-11H2,1-3H3,(H2,25,26,27,30). The molecule has 9 heteroatoms. The molecule has 3 aromatic rings. The van der Waals surface area contributed by atoms with Crippen molar-refractivity contribution in [3.8, 4) is 0 Å². The highest BCUT2D eigenvalue weighted by atomic mass is 35.5. The number of thiazole rings is 1. The number of urea groups is 1. The van der Waals surface area contributed by atoms with Gasteiger partial charge < -0.3 is 10.2 Å². The van der Waals surface area contributed by atoms with Crippen molar-refractivity contribution in [1.29, 1.82) is 0 Å².